The first-order valence-electron chi connectivity index (χ1n) is 4.37. The van der Waals surface area contributed by atoms with Gasteiger partial charge in [-0.05, 0) is 11.6 Å². The molecule has 2 heterocycles. The second-order valence-corrected chi connectivity index (χ2v) is 3.89. The van der Waals surface area contributed by atoms with Gasteiger partial charge in [-0.25, -0.2) is 4.98 Å². The molecule has 6 heteroatoms. The van der Waals surface area contributed by atoms with E-state index in [2.05, 4.69) is 15.2 Å². The summed E-state index contributed by atoms with van der Waals surface area (Å²) in [5.41, 5.74) is 6.55. The number of pyridine rings is 1. The average molecular weight is 222 g/mol. The van der Waals surface area contributed by atoms with Crippen LogP contribution in [0, 0.1) is 6.92 Å². The number of hydrogen-bond acceptors (Lipinski definition) is 6. The Morgan fingerprint density at radius 2 is 2.27 bits per heavy atom. The van der Waals surface area contributed by atoms with E-state index in [1.165, 1.54) is 11.8 Å². The Bertz CT molecular complexity index is 440. The zero-order valence-corrected chi connectivity index (χ0v) is 8.99. The van der Waals surface area contributed by atoms with Crippen molar-refractivity contribution >= 4 is 17.6 Å². The van der Waals surface area contributed by atoms with Crippen LogP contribution in [0.5, 0.6) is 0 Å². The monoisotopic (exact) mass is 222 g/mol. The fourth-order valence-corrected chi connectivity index (χ4v) is 1.74. The molecule has 0 aliphatic rings. The summed E-state index contributed by atoms with van der Waals surface area (Å²) >= 11 is 1.48. The van der Waals surface area contributed by atoms with Gasteiger partial charge in [0.15, 0.2) is 0 Å². The number of anilines is 1. The van der Waals surface area contributed by atoms with E-state index in [-0.39, 0.29) is 0 Å². The molecule has 0 spiro atoms. The molecule has 0 saturated carbocycles. The lowest BCUT2D eigenvalue weighted by Crippen LogP contribution is -1.90. The van der Waals surface area contributed by atoms with Gasteiger partial charge in [0, 0.05) is 18.9 Å². The third kappa shape index (κ3) is 2.69. The summed E-state index contributed by atoms with van der Waals surface area (Å²) in [6, 6.07) is 3.70. The van der Waals surface area contributed by atoms with E-state index in [1.807, 2.05) is 6.07 Å². The van der Waals surface area contributed by atoms with Crippen LogP contribution in [-0.2, 0) is 5.75 Å². The number of thioether (sulfide) groups is 1. The van der Waals surface area contributed by atoms with Crippen LogP contribution in [0.2, 0.25) is 0 Å². The van der Waals surface area contributed by atoms with Crippen LogP contribution in [-0.4, -0.2) is 15.2 Å². The van der Waals surface area contributed by atoms with Gasteiger partial charge in [-0.1, -0.05) is 17.8 Å². The summed E-state index contributed by atoms with van der Waals surface area (Å²) in [7, 11) is 0. The number of nitrogen functional groups attached to an aromatic ring is 1. The van der Waals surface area contributed by atoms with Crippen LogP contribution in [0.4, 0.5) is 5.82 Å². The molecule has 0 bridgehead atoms. The standard InChI is InChI=1S/C9H10N4OS/c1-6-12-13-9(14-6)15-5-7-2-3-8(10)11-4-7/h2-4H,5H2,1H3,(H2,10,11). The van der Waals surface area contributed by atoms with E-state index in [0.29, 0.717) is 16.9 Å². The molecule has 0 radical (unpaired) electrons. The molecule has 2 rings (SSSR count). The first-order chi connectivity index (χ1) is 7.24. The molecule has 2 aromatic rings. The number of nitrogens with two attached hydrogens (primary N) is 1. The number of hydrogen-bond donors (Lipinski definition) is 1. The lowest BCUT2D eigenvalue weighted by atomic mass is 10.3. The maximum atomic E-state index is 5.48. The Hall–Kier alpha value is -1.56. The molecule has 0 aromatic carbocycles. The minimum atomic E-state index is 0.525. The highest BCUT2D eigenvalue weighted by Crippen LogP contribution is 2.20. The molecule has 2 N–H and O–H groups in total. The summed E-state index contributed by atoms with van der Waals surface area (Å²) in [6.45, 7) is 1.77. The fraction of sp³-hybridized carbons (Fsp3) is 0.222. The predicted molar refractivity (Wildman–Crippen MR) is 57.2 cm³/mol. The van der Waals surface area contributed by atoms with Crippen LogP contribution in [0.1, 0.15) is 11.5 Å². The quantitative estimate of drug-likeness (QED) is 0.795. The largest absolute Gasteiger partial charge is 0.416 e. The van der Waals surface area contributed by atoms with E-state index < -0.39 is 0 Å². The van der Waals surface area contributed by atoms with E-state index >= 15 is 0 Å². The Morgan fingerprint density at radius 3 is 2.87 bits per heavy atom. The highest BCUT2D eigenvalue weighted by atomic mass is 32.2. The molecule has 5 nitrogen and oxygen atoms in total. The highest BCUT2D eigenvalue weighted by molar-refractivity contribution is 7.98. The van der Waals surface area contributed by atoms with Crippen molar-refractivity contribution in [3.05, 3.63) is 29.8 Å². The Labute approximate surface area is 91.1 Å². The Morgan fingerprint density at radius 1 is 1.40 bits per heavy atom. The smallest absolute Gasteiger partial charge is 0.276 e. The van der Waals surface area contributed by atoms with E-state index in [9.17, 15) is 0 Å². The minimum Gasteiger partial charge on any atom is -0.416 e. The third-order valence-corrected chi connectivity index (χ3v) is 2.61. The van der Waals surface area contributed by atoms with Gasteiger partial charge in [-0.15, -0.1) is 10.2 Å². The fourth-order valence-electron chi connectivity index (χ4n) is 1.00. The van der Waals surface area contributed by atoms with E-state index in [1.54, 1.807) is 19.2 Å². The summed E-state index contributed by atoms with van der Waals surface area (Å²) in [4.78, 5) is 3.99. The van der Waals surface area contributed by atoms with Gasteiger partial charge >= 0.3 is 0 Å². The maximum absolute atomic E-state index is 5.48. The molecular formula is C9H10N4OS. The van der Waals surface area contributed by atoms with Crippen molar-refractivity contribution in [2.75, 3.05) is 5.73 Å². The molecule has 78 valence electrons. The first-order valence-corrected chi connectivity index (χ1v) is 5.36. The molecular weight excluding hydrogens is 212 g/mol. The lowest BCUT2D eigenvalue weighted by Gasteiger charge is -1.97. The average Bonchev–Trinajstić information content (AvgIpc) is 2.64. The number of rotatable bonds is 3. The number of aryl methyl sites for hydroxylation is 1. The molecule has 0 aliphatic heterocycles. The predicted octanol–water partition coefficient (Wildman–Crippen LogP) is 1.65. The SMILES string of the molecule is Cc1nnc(SCc2ccc(N)nc2)o1. The van der Waals surface area contributed by atoms with Crippen molar-refractivity contribution in [3.8, 4) is 0 Å². The van der Waals surface area contributed by atoms with Gasteiger partial charge in [0.1, 0.15) is 5.82 Å². The van der Waals surface area contributed by atoms with Crippen molar-refractivity contribution in [2.24, 2.45) is 0 Å². The molecule has 0 unspecified atom stereocenters. The van der Waals surface area contributed by atoms with Crippen molar-refractivity contribution in [3.63, 3.8) is 0 Å². The lowest BCUT2D eigenvalue weighted by molar-refractivity contribution is 0.429. The maximum Gasteiger partial charge on any atom is 0.276 e. The molecule has 0 saturated heterocycles. The van der Waals surface area contributed by atoms with Crippen molar-refractivity contribution < 1.29 is 4.42 Å². The van der Waals surface area contributed by atoms with Crippen molar-refractivity contribution in [2.45, 2.75) is 17.9 Å². The zero-order valence-electron chi connectivity index (χ0n) is 8.17. The zero-order chi connectivity index (χ0) is 10.7. The molecule has 0 aliphatic carbocycles. The normalized spacial score (nSPS) is 10.5. The van der Waals surface area contributed by atoms with Gasteiger partial charge in [-0.3, -0.25) is 0 Å². The summed E-state index contributed by atoms with van der Waals surface area (Å²) in [6.07, 6.45) is 1.74. The Kier molecular flexibility index (Phi) is 2.86. The molecule has 2 aromatic heterocycles. The number of nitrogens with zero attached hydrogens (tertiary/aromatic N) is 3. The van der Waals surface area contributed by atoms with E-state index in [4.69, 9.17) is 10.2 Å². The highest BCUT2D eigenvalue weighted by Gasteiger charge is 2.03. The Balaban J connectivity index is 1.96. The number of aromatic nitrogens is 3. The third-order valence-electron chi connectivity index (χ3n) is 1.72. The van der Waals surface area contributed by atoms with Crippen LogP contribution >= 0.6 is 11.8 Å². The van der Waals surface area contributed by atoms with Gasteiger partial charge in [0.25, 0.3) is 5.22 Å². The molecule has 15 heavy (non-hydrogen) atoms. The summed E-state index contributed by atoms with van der Waals surface area (Å²) < 4.78 is 5.22. The van der Waals surface area contributed by atoms with Crippen LogP contribution in [0.15, 0.2) is 28.0 Å². The van der Waals surface area contributed by atoms with Gasteiger partial charge in [-0.2, -0.15) is 0 Å². The van der Waals surface area contributed by atoms with Crippen molar-refractivity contribution in [1.29, 1.82) is 0 Å². The van der Waals surface area contributed by atoms with Crippen LogP contribution < -0.4 is 5.73 Å². The summed E-state index contributed by atoms with van der Waals surface area (Å²) in [5.74, 6) is 1.85. The van der Waals surface area contributed by atoms with Gasteiger partial charge < -0.3 is 10.2 Å². The summed E-state index contributed by atoms with van der Waals surface area (Å²) in [5, 5.41) is 8.19. The van der Waals surface area contributed by atoms with E-state index in [0.717, 1.165) is 11.3 Å². The van der Waals surface area contributed by atoms with Gasteiger partial charge in [0.2, 0.25) is 5.89 Å². The second kappa shape index (κ2) is 4.31. The van der Waals surface area contributed by atoms with Crippen LogP contribution in [0.25, 0.3) is 0 Å². The van der Waals surface area contributed by atoms with Gasteiger partial charge in [0.05, 0.1) is 0 Å². The minimum absolute atomic E-state index is 0.525. The van der Waals surface area contributed by atoms with Crippen LogP contribution in [0.3, 0.4) is 0 Å². The molecule has 0 fully saturated rings. The molecule has 0 atom stereocenters. The van der Waals surface area contributed by atoms with Crippen molar-refractivity contribution in [1.82, 2.24) is 15.2 Å². The molecule has 0 amide bonds. The second-order valence-electron chi connectivity index (χ2n) is 2.97. The topological polar surface area (TPSA) is 77.8 Å². The first kappa shape index (κ1) is 9.97.